The lowest BCUT2D eigenvalue weighted by Gasteiger charge is -2.32. The van der Waals surface area contributed by atoms with E-state index in [1.807, 2.05) is 27.9 Å². The number of nitrogens with zero attached hydrogens (tertiary/aromatic N) is 6. The van der Waals surface area contributed by atoms with Crippen molar-refractivity contribution in [2.24, 2.45) is 0 Å². The Morgan fingerprint density at radius 2 is 1.82 bits per heavy atom. The molecule has 13 heteroatoms. The maximum Gasteiger partial charge on any atom is 0.389 e. The Labute approximate surface area is 252 Å². The Balaban J connectivity index is 1.07. The quantitative estimate of drug-likeness (QED) is 0.278. The molecule has 0 spiro atoms. The van der Waals surface area contributed by atoms with Gasteiger partial charge >= 0.3 is 12.2 Å². The first-order valence-electron chi connectivity index (χ1n) is 14.9. The number of carbonyl (C=O) groups is 2. The molecule has 2 aliphatic heterocycles. The number of aromatic nitrogens is 5. The average molecular weight is 610 g/mol. The number of halogens is 3. The number of benzene rings is 1. The number of alkyl halides is 3. The Bertz CT molecular complexity index is 1620. The number of carbonyl (C=O) groups excluding carboxylic acids is 2. The molecule has 2 saturated heterocycles. The fourth-order valence-corrected chi connectivity index (χ4v) is 5.81. The number of imidazole rings is 1. The van der Waals surface area contributed by atoms with Crippen molar-refractivity contribution in [2.75, 3.05) is 26.2 Å². The van der Waals surface area contributed by atoms with Crippen LogP contribution >= 0.6 is 0 Å². The SMILES string of the molecule is O=C(CCC(F)(F)F)Cc1cccc(-c2cnc3cc(-c4cnn(C5CCN(C(=O)NCC6CCCO6)CC5)c4)cnn23)c1. The molecule has 1 unspecified atom stereocenters. The normalized spacial score (nSPS) is 17.8. The maximum atomic E-state index is 12.6. The molecular weight excluding hydrogens is 575 g/mol. The molecule has 6 rings (SSSR count). The van der Waals surface area contributed by atoms with Gasteiger partial charge in [0.1, 0.15) is 5.78 Å². The van der Waals surface area contributed by atoms with E-state index in [9.17, 15) is 22.8 Å². The van der Waals surface area contributed by atoms with E-state index >= 15 is 0 Å². The highest BCUT2D eigenvalue weighted by Gasteiger charge is 2.28. The second-order valence-electron chi connectivity index (χ2n) is 11.4. The fourth-order valence-electron chi connectivity index (χ4n) is 5.81. The van der Waals surface area contributed by atoms with Crippen LogP contribution in [0.5, 0.6) is 0 Å². The third kappa shape index (κ3) is 7.09. The second-order valence-corrected chi connectivity index (χ2v) is 11.4. The van der Waals surface area contributed by atoms with Gasteiger partial charge in [-0.2, -0.15) is 23.4 Å². The number of likely N-dealkylation sites (tertiary alicyclic amines) is 1. The molecule has 2 amide bonds. The van der Waals surface area contributed by atoms with E-state index < -0.39 is 24.8 Å². The minimum atomic E-state index is -4.35. The van der Waals surface area contributed by atoms with E-state index in [2.05, 4.69) is 20.5 Å². The van der Waals surface area contributed by atoms with Gasteiger partial charge in [-0.05, 0) is 43.4 Å². The molecule has 3 aromatic heterocycles. The first kappa shape index (κ1) is 29.8. The number of hydrogen-bond acceptors (Lipinski definition) is 6. The van der Waals surface area contributed by atoms with E-state index in [0.717, 1.165) is 49.0 Å². The fraction of sp³-hybridized carbons (Fsp3) is 0.452. The minimum absolute atomic E-state index is 0.0419. The number of ether oxygens (including phenoxy) is 1. The number of nitrogens with one attached hydrogen (secondary N) is 1. The number of rotatable bonds is 9. The standard InChI is InChI=1S/C31H34F3N7O3/c32-31(33,34)9-6-26(42)14-21-3-1-4-22(13-21)28-19-35-29-15-23(16-38-41(28)29)24-17-37-40(20-24)25-7-10-39(11-8-25)30(43)36-18-27-5-2-12-44-27/h1,3-4,13,15-17,19-20,25,27H,2,5-12,14,18H2,(H,36,43). The van der Waals surface area contributed by atoms with E-state index in [0.29, 0.717) is 36.5 Å². The second kappa shape index (κ2) is 12.8. The summed E-state index contributed by atoms with van der Waals surface area (Å²) >= 11 is 0. The lowest BCUT2D eigenvalue weighted by Crippen LogP contribution is -2.46. The molecule has 44 heavy (non-hydrogen) atoms. The lowest BCUT2D eigenvalue weighted by molar-refractivity contribution is -0.143. The Hall–Kier alpha value is -4.26. The van der Waals surface area contributed by atoms with Crippen LogP contribution < -0.4 is 5.32 Å². The van der Waals surface area contributed by atoms with Crippen molar-refractivity contribution in [2.45, 2.75) is 63.3 Å². The van der Waals surface area contributed by atoms with Gasteiger partial charge in [0, 0.05) is 62.0 Å². The topological polar surface area (TPSA) is 107 Å². The predicted octanol–water partition coefficient (Wildman–Crippen LogP) is 5.24. The van der Waals surface area contributed by atoms with Gasteiger partial charge in [-0.25, -0.2) is 14.3 Å². The summed E-state index contributed by atoms with van der Waals surface area (Å²) in [5, 5.41) is 12.2. The van der Waals surface area contributed by atoms with Crippen LogP contribution in [0, 0.1) is 0 Å². The van der Waals surface area contributed by atoms with Gasteiger partial charge in [0.15, 0.2) is 5.65 Å². The Morgan fingerprint density at radius 3 is 2.59 bits per heavy atom. The summed E-state index contributed by atoms with van der Waals surface area (Å²) in [6, 6.07) is 9.20. The number of amides is 2. The summed E-state index contributed by atoms with van der Waals surface area (Å²) in [6.45, 7) is 2.64. The highest BCUT2D eigenvalue weighted by molar-refractivity contribution is 5.81. The number of Topliss-reactive ketones (excluding diaryl/α,β-unsaturated/α-hetero) is 1. The van der Waals surface area contributed by atoms with Crippen LogP contribution in [0.3, 0.4) is 0 Å². The molecule has 232 valence electrons. The third-order valence-electron chi connectivity index (χ3n) is 8.24. The van der Waals surface area contributed by atoms with Gasteiger partial charge in [-0.3, -0.25) is 9.48 Å². The van der Waals surface area contributed by atoms with Crippen molar-refractivity contribution < 1.29 is 27.5 Å². The number of piperidine rings is 1. The van der Waals surface area contributed by atoms with Crippen LogP contribution in [0.2, 0.25) is 0 Å². The smallest absolute Gasteiger partial charge is 0.376 e. The molecule has 1 aromatic carbocycles. The Morgan fingerprint density at radius 1 is 1.00 bits per heavy atom. The van der Waals surface area contributed by atoms with Crippen molar-refractivity contribution in [3.8, 4) is 22.4 Å². The predicted molar refractivity (Wildman–Crippen MR) is 156 cm³/mol. The van der Waals surface area contributed by atoms with Gasteiger partial charge in [0.05, 0.1) is 42.9 Å². The first-order chi connectivity index (χ1) is 21.2. The van der Waals surface area contributed by atoms with Crippen LogP contribution in [0.1, 0.15) is 50.1 Å². The Kier molecular flexibility index (Phi) is 8.65. The highest BCUT2D eigenvalue weighted by atomic mass is 19.4. The summed E-state index contributed by atoms with van der Waals surface area (Å²) in [5.74, 6) is -0.456. The van der Waals surface area contributed by atoms with E-state index in [1.165, 1.54) is 0 Å². The molecule has 1 atom stereocenters. The zero-order chi connectivity index (χ0) is 30.7. The van der Waals surface area contributed by atoms with E-state index in [-0.39, 0.29) is 24.6 Å². The van der Waals surface area contributed by atoms with Gasteiger partial charge < -0.3 is 15.0 Å². The minimum Gasteiger partial charge on any atom is -0.376 e. The van der Waals surface area contributed by atoms with E-state index in [4.69, 9.17) is 4.74 Å². The lowest BCUT2D eigenvalue weighted by atomic mass is 10.0. The molecule has 0 saturated carbocycles. The molecule has 2 fully saturated rings. The van der Waals surface area contributed by atoms with Crippen LogP contribution in [0.15, 0.2) is 55.1 Å². The zero-order valence-corrected chi connectivity index (χ0v) is 24.2. The number of hydrogen-bond donors (Lipinski definition) is 1. The van der Waals surface area contributed by atoms with Crippen LogP contribution in [-0.4, -0.2) is 79.6 Å². The van der Waals surface area contributed by atoms with Crippen LogP contribution in [-0.2, 0) is 16.0 Å². The monoisotopic (exact) mass is 609 g/mol. The molecule has 0 radical (unpaired) electrons. The largest absolute Gasteiger partial charge is 0.389 e. The van der Waals surface area contributed by atoms with Gasteiger partial charge in [-0.1, -0.05) is 18.2 Å². The zero-order valence-electron chi connectivity index (χ0n) is 24.2. The van der Waals surface area contributed by atoms with Crippen molar-refractivity contribution in [1.82, 2.24) is 34.6 Å². The molecule has 4 aromatic rings. The molecule has 0 aliphatic carbocycles. The van der Waals surface area contributed by atoms with Crippen molar-refractivity contribution in [3.05, 3.63) is 60.7 Å². The summed E-state index contributed by atoms with van der Waals surface area (Å²) in [5.41, 5.74) is 4.49. The molecule has 0 bridgehead atoms. The molecule has 2 aliphatic rings. The van der Waals surface area contributed by atoms with Gasteiger partial charge in [-0.15, -0.1) is 0 Å². The van der Waals surface area contributed by atoms with Crippen LogP contribution in [0.25, 0.3) is 28.0 Å². The molecule has 1 N–H and O–H groups in total. The third-order valence-corrected chi connectivity index (χ3v) is 8.24. The van der Waals surface area contributed by atoms with Crippen molar-refractivity contribution in [1.29, 1.82) is 0 Å². The van der Waals surface area contributed by atoms with Crippen LogP contribution in [0.4, 0.5) is 18.0 Å². The maximum absolute atomic E-state index is 12.6. The van der Waals surface area contributed by atoms with Gasteiger partial charge in [0.25, 0.3) is 0 Å². The number of fused-ring (bicyclic) bond motifs is 1. The summed E-state index contributed by atoms with van der Waals surface area (Å²) in [6.07, 6.45) is 4.94. The summed E-state index contributed by atoms with van der Waals surface area (Å²) < 4.78 is 46.7. The molecular formula is C31H34F3N7O3. The number of urea groups is 1. The highest BCUT2D eigenvalue weighted by Crippen LogP contribution is 2.28. The van der Waals surface area contributed by atoms with Crippen molar-refractivity contribution >= 4 is 17.5 Å². The first-order valence-corrected chi connectivity index (χ1v) is 14.9. The summed E-state index contributed by atoms with van der Waals surface area (Å²) in [7, 11) is 0. The molecule has 10 nitrogen and oxygen atoms in total. The van der Waals surface area contributed by atoms with E-state index in [1.54, 1.807) is 41.3 Å². The van der Waals surface area contributed by atoms with Gasteiger partial charge in [0.2, 0.25) is 0 Å². The van der Waals surface area contributed by atoms with Crippen molar-refractivity contribution in [3.63, 3.8) is 0 Å². The molecule has 5 heterocycles. The number of ketones is 1. The average Bonchev–Trinajstić information content (AvgIpc) is 3.80. The summed E-state index contributed by atoms with van der Waals surface area (Å²) in [4.78, 5) is 31.0.